The van der Waals surface area contributed by atoms with E-state index in [1.165, 1.54) is 7.11 Å². The number of carboxylic acid groups (broad SMARTS) is 1. The number of aromatic nitrogens is 1. The minimum Gasteiger partial charge on any atom is -0.497 e. The summed E-state index contributed by atoms with van der Waals surface area (Å²) in [5, 5.41) is 18.5. The molecule has 0 spiro atoms. The third-order valence-corrected chi connectivity index (χ3v) is 5.54. The molecule has 0 bridgehead atoms. The van der Waals surface area contributed by atoms with E-state index in [2.05, 4.69) is 4.98 Å². The molecule has 33 heavy (non-hydrogen) atoms. The first-order chi connectivity index (χ1) is 15.8. The second-order valence-corrected chi connectivity index (χ2v) is 8.13. The van der Waals surface area contributed by atoms with Crippen LogP contribution in [0.25, 0.3) is 0 Å². The van der Waals surface area contributed by atoms with E-state index in [9.17, 15) is 19.5 Å². The van der Waals surface area contributed by atoms with E-state index in [1.54, 1.807) is 48.5 Å². The number of carbonyl (C=O) groups excluding carboxylic acids is 1. The number of ether oxygens (including phenoxy) is 3. The zero-order chi connectivity index (χ0) is 23.8. The first kappa shape index (κ1) is 23.9. The molecule has 174 valence electrons. The number of thiazole rings is 1. The zero-order valence-corrected chi connectivity index (χ0v) is 18.6. The molecule has 0 aliphatic heterocycles. The van der Waals surface area contributed by atoms with Crippen LogP contribution in [0.4, 0.5) is 0 Å². The molecule has 0 saturated heterocycles. The predicted molar refractivity (Wildman–Crippen MR) is 120 cm³/mol. The Bertz CT molecular complexity index is 1150. The number of carboxylic acids is 1. The Kier molecular flexibility index (Phi) is 8.09. The second kappa shape index (κ2) is 11.2. The highest BCUT2D eigenvalue weighted by Crippen LogP contribution is 2.25. The molecule has 9 nitrogen and oxygen atoms in total. The van der Waals surface area contributed by atoms with Crippen molar-refractivity contribution in [1.29, 1.82) is 0 Å². The van der Waals surface area contributed by atoms with Crippen molar-refractivity contribution in [2.75, 3.05) is 13.7 Å². The van der Waals surface area contributed by atoms with Crippen LogP contribution in [0, 0.1) is 0 Å². The number of aliphatic carboxylic acids is 1. The van der Waals surface area contributed by atoms with Crippen molar-refractivity contribution in [3.05, 3.63) is 74.2 Å². The normalized spacial score (nSPS) is 11.5. The number of aromatic hydroxyl groups is 1. The number of hydrogen-bond donors (Lipinski definition) is 3. The Labute approximate surface area is 193 Å². The van der Waals surface area contributed by atoms with Gasteiger partial charge in [-0.05, 0) is 35.4 Å². The third kappa shape index (κ3) is 7.11. The van der Waals surface area contributed by atoms with Crippen molar-refractivity contribution in [3.8, 4) is 17.4 Å². The molecule has 0 radical (unpaired) electrons. The van der Waals surface area contributed by atoms with Crippen molar-refractivity contribution >= 4 is 23.3 Å². The SMILES string of the molecule is COc1cccc(C(COc2ccc(Cc3sc(=O)[nH]c3O)cc2)OC(=O)CCC(=O)O)c1. The maximum absolute atomic E-state index is 12.1. The Morgan fingerprint density at radius 1 is 1.09 bits per heavy atom. The molecule has 10 heteroatoms. The lowest BCUT2D eigenvalue weighted by Gasteiger charge is -2.19. The van der Waals surface area contributed by atoms with E-state index in [-0.39, 0.29) is 30.2 Å². The molecular formula is C23H23NO8S. The van der Waals surface area contributed by atoms with Crippen LogP contribution in [0.15, 0.2) is 53.3 Å². The Balaban J connectivity index is 1.67. The quantitative estimate of drug-likeness (QED) is 0.361. The summed E-state index contributed by atoms with van der Waals surface area (Å²) in [6.07, 6.45) is -0.946. The smallest absolute Gasteiger partial charge is 0.307 e. The van der Waals surface area contributed by atoms with E-state index in [0.29, 0.717) is 28.4 Å². The van der Waals surface area contributed by atoms with Gasteiger partial charge in [-0.3, -0.25) is 19.4 Å². The van der Waals surface area contributed by atoms with Gasteiger partial charge in [-0.15, -0.1) is 0 Å². The van der Waals surface area contributed by atoms with Gasteiger partial charge >= 0.3 is 16.8 Å². The minimum absolute atomic E-state index is 0.00550. The summed E-state index contributed by atoms with van der Waals surface area (Å²) in [4.78, 5) is 36.8. The van der Waals surface area contributed by atoms with Gasteiger partial charge in [0.2, 0.25) is 5.88 Å². The number of methoxy groups -OCH3 is 1. The number of carbonyl (C=O) groups is 2. The molecule has 2 aromatic carbocycles. The monoisotopic (exact) mass is 473 g/mol. The van der Waals surface area contributed by atoms with Crippen LogP contribution in [-0.4, -0.2) is 40.9 Å². The highest BCUT2D eigenvalue weighted by molar-refractivity contribution is 7.09. The Hall–Kier alpha value is -3.79. The van der Waals surface area contributed by atoms with Crippen LogP contribution < -0.4 is 14.3 Å². The number of rotatable bonds is 11. The van der Waals surface area contributed by atoms with Gasteiger partial charge < -0.3 is 24.4 Å². The van der Waals surface area contributed by atoms with Crippen molar-refractivity contribution in [2.45, 2.75) is 25.4 Å². The zero-order valence-electron chi connectivity index (χ0n) is 17.8. The summed E-state index contributed by atoms with van der Waals surface area (Å²) in [6, 6.07) is 14.1. The van der Waals surface area contributed by atoms with Gasteiger partial charge in [0.15, 0.2) is 6.10 Å². The highest BCUT2D eigenvalue weighted by atomic mass is 32.1. The van der Waals surface area contributed by atoms with Gasteiger partial charge in [-0.25, -0.2) is 0 Å². The number of H-pyrrole nitrogens is 1. The highest BCUT2D eigenvalue weighted by Gasteiger charge is 2.19. The molecular weight excluding hydrogens is 450 g/mol. The topological polar surface area (TPSA) is 135 Å². The van der Waals surface area contributed by atoms with Crippen LogP contribution in [0.5, 0.6) is 17.4 Å². The second-order valence-electron chi connectivity index (χ2n) is 7.07. The van der Waals surface area contributed by atoms with Crippen LogP contribution >= 0.6 is 11.3 Å². The molecule has 1 unspecified atom stereocenters. The minimum atomic E-state index is -1.08. The predicted octanol–water partition coefficient (Wildman–Crippen LogP) is 3.27. The van der Waals surface area contributed by atoms with E-state index in [0.717, 1.165) is 16.9 Å². The van der Waals surface area contributed by atoms with Gasteiger partial charge in [0.25, 0.3) is 0 Å². The van der Waals surface area contributed by atoms with Crippen LogP contribution in [-0.2, 0) is 20.7 Å². The lowest BCUT2D eigenvalue weighted by molar-refractivity contribution is -0.153. The van der Waals surface area contributed by atoms with Crippen LogP contribution in [0.2, 0.25) is 0 Å². The number of nitrogens with one attached hydrogen (secondary N) is 1. The average Bonchev–Trinajstić information content (AvgIpc) is 3.12. The number of hydrogen-bond acceptors (Lipinski definition) is 8. The largest absolute Gasteiger partial charge is 0.497 e. The lowest BCUT2D eigenvalue weighted by Crippen LogP contribution is -2.19. The van der Waals surface area contributed by atoms with E-state index < -0.39 is 18.0 Å². The van der Waals surface area contributed by atoms with Crippen molar-refractivity contribution < 1.29 is 34.0 Å². The number of benzene rings is 2. The van der Waals surface area contributed by atoms with E-state index in [4.69, 9.17) is 19.3 Å². The number of esters is 1. The van der Waals surface area contributed by atoms with Gasteiger partial charge in [0, 0.05) is 6.42 Å². The molecule has 1 heterocycles. The fraction of sp³-hybridized carbons (Fsp3) is 0.261. The summed E-state index contributed by atoms with van der Waals surface area (Å²) in [5.74, 6) is -0.745. The molecule has 3 N–H and O–H groups in total. The van der Waals surface area contributed by atoms with Gasteiger partial charge in [0.05, 0.1) is 24.8 Å². The molecule has 0 amide bonds. The van der Waals surface area contributed by atoms with Gasteiger partial charge in [0.1, 0.15) is 18.1 Å². The van der Waals surface area contributed by atoms with Crippen molar-refractivity contribution in [3.63, 3.8) is 0 Å². The summed E-state index contributed by atoms with van der Waals surface area (Å²) in [7, 11) is 1.52. The Morgan fingerprint density at radius 3 is 2.48 bits per heavy atom. The average molecular weight is 474 g/mol. The van der Waals surface area contributed by atoms with E-state index >= 15 is 0 Å². The maximum Gasteiger partial charge on any atom is 0.307 e. The number of aromatic amines is 1. The van der Waals surface area contributed by atoms with Gasteiger partial charge in [-0.1, -0.05) is 35.6 Å². The van der Waals surface area contributed by atoms with Gasteiger partial charge in [-0.2, -0.15) is 0 Å². The van der Waals surface area contributed by atoms with Crippen molar-refractivity contribution in [1.82, 2.24) is 4.98 Å². The summed E-state index contributed by atoms with van der Waals surface area (Å²) in [6.45, 7) is 0.00550. The fourth-order valence-electron chi connectivity index (χ4n) is 3.00. The van der Waals surface area contributed by atoms with Crippen LogP contribution in [0.1, 0.15) is 34.9 Å². The summed E-state index contributed by atoms with van der Waals surface area (Å²) >= 11 is 0.952. The van der Waals surface area contributed by atoms with E-state index in [1.807, 2.05) is 0 Å². The first-order valence-corrected chi connectivity index (χ1v) is 10.8. The lowest BCUT2D eigenvalue weighted by atomic mass is 10.1. The molecule has 3 aromatic rings. The maximum atomic E-state index is 12.1. The molecule has 0 aliphatic carbocycles. The molecule has 0 aliphatic rings. The molecule has 0 saturated carbocycles. The third-order valence-electron chi connectivity index (χ3n) is 4.67. The molecule has 3 rings (SSSR count). The Morgan fingerprint density at radius 2 is 1.85 bits per heavy atom. The first-order valence-electron chi connectivity index (χ1n) is 10.0. The molecule has 1 aromatic heterocycles. The summed E-state index contributed by atoms with van der Waals surface area (Å²) < 4.78 is 16.5. The fourth-order valence-corrected chi connectivity index (χ4v) is 3.76. The van der Waals surface area contributed by atoms with Crippen molar-refractivity contribution in [2.24, 2.45) is 0 Å². The summed E-state index contributed by atoms with van der Waals surface area (Å²) in [5.41, 5.74) is 1.52. The van der Waals surface area contributed by atoms with Crippen LogP contribution in [0.3, 0.4) is 0 Å². The molecule has 1 atom stereocenters. The molecule has 0 fully saturated rings. The standard InChI is InChI=1S/C23H23NO8S/c1-30-17-4-2-3-15(12-17)18(32-21(27)10-9-20(25)26)13-31-16-7-5-14(6-8-16)11-19-22(28)24-23(29)33-19/h2-8,12,18,28H,9-11,13H2,1H3,(H,24,29)(H,25,26).